The van der Waals surface area contributed by atoms with Crippen LogP contribution in [-0.2, 0) is 4.74 Å². The lowest BCUT2D eigenvalue weighted by Gasteiger charge is -2.15. The van der Waals surface area contributed by atoms with Crippen LogP contribution in [0.1, 0.15) is 6.92 Å². The van der Waals surface area contributed by atoms with Crippen LogP contribution >= 0.6 is 0 Å². The summed E-state index contributed by atoms with van der Waals surface area (Å²) >= 11 is 0. The number of hydrogen-bond acceptors (Lipinski definition) is 3. The number of aromatic nitrogens is 3. The van der Waals surface area contributed by atoms with Crippen LogP contribution in [0.25, 0.3) is 16.9 Å². The van der Waals surface area contributed by atoms with Gasteiger partial charge in [0.25, 0.3) is 0 Å². The van der Waals surface area contributed by atoms with Gasteiger partial charge in [0.2, 0.25) is 5.88 Å². The first-order valence-corrected chi connectivity index (χ1v) is 9.75. The van der Waals surface area contributed by atoms with Crippen molar-refractivity contribution in [1.82, 2.24) is 15.0 Å². The molecule has 1 heterocycles. The van der Waals surface area contributed by atoms with Gasteiger partial charge in [0.1, 0.15) is 5.52 Å². The average Bonchev–Trinajstić information content (AvgIpc) is 2.70. The molecule has 18 heavy (non-hydrogen) atoms. The van der Waals surface area contributed by atoms with Gasteiger partial charge in [-0.15, -0.1) is 5.10 Å². The summed E-state index contributed by atoms with van der Waals surface area (Å²) in [7, 11) is -1.38. The molecule has 0 amide bonds. The number of fused-ring (bicyclic) bond motifs is 1. The monoisotopic (exact) mass is 261 g/mol. The number of nitrogens with zero attached hydrogens (tertiary/aromatic N) is 3. The molecule has 0 unspecified atom stereocenters. The van der Waals surface area contributed by atoms with Crippen LogP contribution in [0, 0.1) is 0 Å². The topological polar surface area (TPSA) is 39.9 Å². The van der Waals surface area contributed by atoms with E-state index in [1.54, 1.807) is 4.68 Å². The van der Waals surface area contributed by atoms with Crippen molar-refractivity contribution >= 4 is 25.0 Å². The fourth-order valence-electron chi connectivity index (χ4n) is 1.71. The van der Waals surface area contributed by atoms with E-state index in [1.165, 1.54) is 0 Å². The van der Waals surface area contributed by atoms with E-state index in [4.69, 9.17) is 4.74 Å². The molecule has 0 fully saturated rings. The summed E-state index contributed by atoms with van der Waals surface area (Å²) in [5.41, 5.74) is 4.08. The third kappa shape index (κ3) is 2.79. The van der Waals surface area contributed by atoms with E-state index in [0.717, 1.165) is 16.9 Å². The Balaban J connectivity index is 2.52. The quantitative estimate of drug-likeness (QED) is 0.627. The fraction of sp³-hybridized carbons (Fsp3) is 0.385. The minimum Gasteiger partial charge on any atom is -0.478 e. The molecule has 2 rings (SSSR count). The van der Waals surface area contributed by atoms with Crippen LogP contribution in [0.3, 0.4) is 0 Å². The van der Waals surface area contributed by atoms with Crippen molar-refractivity contribution in [3.63, 3.8) is 0 Å². The van der Waals surface area contributed by atoms with Crippen LogP contribution in [0.15, 0.2) is 30.0 Å². The van der Waals surface area contributed by atoms with Gasteiger partial charge < -0.3 is 4.74 Å². The molecule has 0 saturated carbocycles. The Labute approximate surface area is 108 Å². The summed E-state index contributed by atoms with van der Waals surface area (Å²) in [5.74, 6) is 0.797. The van der Waals surface area contributed by atoms with Crippen molar-refractivity contribution in [2.24, 2.45) is 0 Å². The van der Waals surface area contributed by atoms with E-state index >= 15 is 0 Å². The molecule has 0 radical (unpaired) electrons. The lowest BCUT2D eigenvalue weighted by atomic mass is 10.3. The van der Waals surface area contributed by atoms with Crippen molar-refractivity contribution in [3.8, 4) is 0 Å². The zero-order valence-electron chi connectivity index (χ0n) is 11.3. The molecule has 0 atom stereocenters. The lowest BCUT2D eigenvalue weighted by molar-refractivity contribution is 0.273. The summed E-state index contributed by atoms with van der Waals surface area (Å²) in [6.45, 7) is 9.42. The van der Waals surface area contributed by atoms with Gasteiger partial charge in [-0.3, -0.25) is 0 Å². The molecule has 96 valence electrons. The highest BCUT2D eigenvalue weighted by atomic mass is 28.3. The third-order valence-electron chi connectivity index (χ3n) is 2.41. The van der Waals surface area contributed by atoms with Crippen molar-refractivity contribution in [2.45, 2.75) is 26.6 Å². The molecule has 0 spiro atoms. The molecule has 4 nitrogen and oxygen atoms in total. The minimum atomic E-state index is -1.38. The highest BCUT2D eigenvalue weighted by Crippen LogP contribution is 2.18. The van der Waals surface area contributed by atoms with E-state index in [2.05, 4.69) is 35.7 Å². The maximum atomic E-state index is 5.73. The Kier molecular flexibility index (Phi) is 3.52. The Bertz CT molecular complexity index is 569. The van der Waals surface area contributed by atoms with Crippen molar-refractivity contribution in [1.29, 1.82) is 0 Å². The smallest absolute Gasteiger partial charge is 0.208 e. The number of rotatable bonds is 4. The van der Waals surface area contributed by atoms with E-state index < -0.39 is 8.07 Å². The summed E-state index contributed by atoms with van der Waals surface area (Å²) in [6.07, 6.45) is 0. The number of hydrogen-bond donors (Lipinski definition) is 0. The maximum Gasteiger partial charge on any atom is 0.208 e. The van der Waals surface area contributed by atoms with Crippen molar-refractivity contribution < 1.29 is 4.74 Å². The standard InChI is InChI=1S/C13H19N3OSi/c1-5-17-13(10-18(2,3)4)16-12-9-7-6-8-11(12)14-15-16/h6-10H,5H2,1-4H3/b13-10+. The third-order valence-corrected chi connectivity index (χ3v) is 3.52. The normalized spacial score (nSPS) is 13.0. The number of benzene rings is 1. The zero-order valence-corrected chi connectivity index (χ0v) is 12.3. The molecular weight excluding hydrogens is 242 g/mol. The van der Waals surface area contributed by atoms with Gasteiger partial charge in [-0.2, -0.15) is 4.68 Å². The van der Waals surface area contributed by atoms with Gasteiger partial charge in [0, 0.05) is 0 Å². The molecule has 2 aromatic rings. The minimum absolute atomic E-state index is 0.629. The summed E-state index contributed by atoms with van der Waals surface area (Å²) in [4.78, 5) is 0. The molecule has 5 heteroatoms. The van der Waals surface area contributed by atoms with Crippen LogP contribution in [0.4, 0.5) is 0 Å². The predicted molar refractivity (Wildman–Crippen MR) is 76.8 cm³/mol. The number of ether oxygens (including phenoxy) is 1. The van der Waals surface area contributed by atoms with Crippen LogP contribution in [0.2, 0.25) is 19.6 Å². The van der Waals surface area contributed by atoms with E-state index in [0.29, 0.717) is 6.61 Å². The second-order valence-electron chi connectivity index (χ2n) is 5.27. The Morgan fingerprint density at radius 1 is 1.33 bits per heavy atom. The molecule has 0 saturated heterocycles. The SMILES string of the molecule is CCO/C(=C/[Si](C)(C)C)n1nnc2ccccc21. The Morgan fingerprint density at radius 2 is 2.06 bits per heavy atom. The molecule has 1 aromatic carbocycles. The highest BCUT2D eigenvalue weighted by Gasteiger charge is 2.15. The van der Waals surface area contributed by atoms with Crippen LogP contribution < -0.4 is 0 Å². The Hall–Kier alpha value is -1.62. The van der Waals surface area contributed by atoms with Gasteiger partial charge in [0.05, 0.1) is 20.2 Å². The van der Waals surface area contributed by atoms with Crippen LogP contribution in [-0.4, -0.2) is 29.7 Å². The first-order valence-electron chi connectivity index (χ1n) is 6.18. The maximum absolute atomic E-state index is 5.73. The second kappa shape index (κ2) is 4.94. The van der Waals surface area contributed by atoms with Crippen molar-refractivity contribution in [3.05, 3.63) is 30.0 Å². The highest BCUT2D eigenvalue weighted by molar-refractivity contribution is 6.81. The van der Waals surface area contributed by atoms with E-state index in [1.807, 2.05) is 31.2 Å². The van der Waals surface area contributed by atoms with E-state index in [-0.39, 0.29) is 0 Å². The first-order chi connectivity index (χ1) is 8.51. The van der Waals surface area contributed by atoms with Gasteiger partial charge >= 0.3 is 0 Å². The largest absolute Gasteiger partial charge is 0.478 e. The first kappa shape index (κ1) is 12.8. The van der Waals surface area contributed by atoms with Crippen LogP contribution in [0.5, 0.6) is 0 Å². The van der Waals surface area contributed by atoms with Gasteiger partial charge in [0.15, 0.2) is 0 Å². The average molecular weight is 261 g/mol. The molecule has 0 bridgehead atoms. The fourth-order valence-corrected chi connectivity index (χ4v) is 2.66. The molecule has 1 aromatic heterocycles. The second-order valence-corrected chi connectivity index (χ2v) is 10.3. The summed E-state index contributed by atoms with van der Waals surface area (Å²) < 4.78 is 7.52. The molecule has 0 aliphatic rings. The van der Waals surface area contributed by atoms with Gasteiger partial charge in [-0.05, 0) is 24.8 Å². The van der Waals surface area contributed by atoms with Gasteiger partial charge in [-0.25, -0.2) is 0 Å². The Morgan fingerprint density at radius 3 is 2.72 bits per heavy atom. The lowest BCUT2D eigenvalue weighted by Crippen LogP contribution is -2.19. The van der Waals surface area contributed by atoms with Gasteiger partial charge in [-0.1, -0.05) is 37.0 Å². The summed E-state index contributed by atoms with van der Waals surface area (Å²) in [6, 6.07) is 7.91. The zero-order chi connectivity index (χ0) is 13.2. The molecular formula is C13H19N3OSi. The molecule has 0 aliphatic heterocycles. The molecule has 0 N–H and O–H groups in total. The van der Waals surface area contributed by atoms with E-state index in [9.17, 15) is 0 Å². The number of para-hydroxylation sites is 1. The predicted octanol–water partition coefficient (Wildman–Crippen LogP) is 3.14. The molecule has 0 aliphatic carbocycles. The van der Waals surface area contributed by atoms with Crippen molar-refractivity contribution in [2.75, 3.05) is 6.61 Å². The summed E-state index contributed by atoms with van der Waals surface area (Å²) in [5, 5.41) is 8.35.